The molecule has 6 heteroatoms. The van der Waals surface area contributed by atoms with Gasteiger partial charge in [-0.05, 0) is 37.0 Å². The summed E-state index contributed by atoms with van der Waals surface area (Å²) in [6, 6.07) is 0. The van der Waals surface area contributed by atoms with Gasteiger partial charge in [0, 0.05) is 6.51 Å². The van der Waals surface area contributed by atoms with Gasteiger partial charge in [-0.2, -0.15) is 0 Å². The van der Waals surface area contributed by atoms with Gasteiger partial charge in [-0.3, -0.25) is 0 Å². The first-order valence-electron chi connectivity index (χ1n) is 6.12. The van der Waals surface area contributed by atoms with Crippen LogP contribution in [0, 0.1) is 17.8 Å². The van der Waals surface area contributed by atoms with Crippen LogP contribution in [0.2, 0.25) is 0 Å². The Bertz CT molecular complexity index is 223. The number of ether oxygens (including phenoxy) is 1. The smallest absolute Gasteiger partial charge is 0.447 e. The zero-order valence-corrected chi connectivity index (χ0v) is 14.4. The van der Waals surface area contributed by atoms with E-state index in [0.29, 0.717) is 11.8 Å². The molecule has 1 fully saturated rings. The molecule has 0 aliphatic heterocycles. The maximum Gasteiger partial charge on any atom is 1.00 e. The molecule has 0 saturated heterocycles. The summed E-state index contributed by atoms with van der Waals surface area (Å²) in [5.74, 6) is 1.29. The van der Waals surface area contributed by atoms with Crippen LogP contribution in [-0.2, 0) is 4.74 Å². The predicted octanol–water partition coefficient (Wildman–Crippen LogP) is 0.854. The van der Waals surface area contributed by atoms with Crippen molar-refractivity contribution in [3.8, 4) is 0 Å². The van der Waals surface area contributed by atoms with Gasteiger partial charge in [0.25, 0.3) is 0 Å². The van der Waals surface area contributed by atoms with Crippen LogP contribution in [0.1, 0.15) is 40.0 Å². The van der Waals surface area contributed by atoms with Gasteiger partial charge in [0.1, 0.15) is 0 Å². The molecule has 0 aromatic heterocycles. The zero-order chi connectivity index (χ0) is 12.3. The Kier molecular flexibility index (Phi) is 8.57. The van der Waals surface area contributed by atoms with Gasteiger partial charge in [-0.15, -0.1) is 0 Å². The maximum atomic E-state index is 12.2. The molecule has 17 heavy (non-hydrogen) atoms. The first-order chi connectivity index (χ1) is 7.29. The molecule has 1 nitrogen and oxygen atoms in total. The van der Waals surface area contributed by atoms with Crippen LogP contribution in [0.25, 0.3) is 0 Å². The van der Waals surface area contributed by atoms with Crippen LogP contribution < -0.4 is 51.4 Å². The Morgan fingerprint density at radius 1 is 1.24 bits per heavy atom. The van der Waals surface area contributed by atoms with Crippen molar-refractivity contribution in [2.45, 2.75) is 46.1 Å². The van der Waals surface area contributed by atoms with Crippen molar-refractivity contribution < 1.29 is 69.1 Å². The fraction of sp³-hybridized carbons (Fsp3) is 1.00. The molecule has 1 saturated carbocycles. The molecule has 0 aromatic carbocycles. The SMILES string of the molecule is CC1CCC(OC[B-](F)(F)F)C(C(C)C)C1.[K+]. The van der Waals surface area contributed by atoms with Crippen LogP contribution in [0.5, 0.6) is 0 Å². The molecule has 0 heterocycles. The Labute approximate surface area is 145 Å². The van der Waals surface area contributed by atoms with E-state index in [1.165, 1.54) is 0 Å². The van der Waals surface area contributed by atoms with Crippen LogP contribution in [0.4, 0.5) is 12.9 Å². The van der Waals surface area contributed by atoms with Gasteiger partial charge in [0.2, 0.25) is 0 Å². The number of hydrogen-bond acceptors (Lipinski definition) is 1. The van der Waals surface area contributed by atoms with E-state index in [2.05, 4.69) is 20.8 Å². The quantitative estimate of drug-likeness (QED) is 0.692. The van der Waals surface area contributed by atoms with Crippen LogP contribution in [0.3, 0.4) is 0 Å². The van der Waals surface area contributed by atoms with Gasteiger partial charge in [0.15, 0.2) is 0 Å². The van der Waals surface area contributed by atoms with Gasteiger partial charge in [-0.25, -0.2) is 0 Å². The summed E-state index contributed by atoms with van der Waals surface area (Å²) in [6.45, 7) is 0.454. The summed E-state index contributed by atoms with van der Waals surface area (Å²) in [7, 11) is 0. The topological polar surface area (TPSA) is 9.23 Å². The van der Waals surface area contributed by atoms with E-state index >= 15 is 0 Å². The third-order valence-electron chi connectivity index (χ3n) is 3.45. The predicted molar refractivity (Wildman–Crippen MR) is 60.2 cm³/mol. The molecule has 0 bridgehead atoms. The summed E-state index contributed by atoms with van der Waals surface area (Å²) in [5, 5.41) is 0. The summed E-state index contributed by atoms with van der Waals surface area (Å²) in [5.41, 5.74) is 0. The van der Waals surface area contributed by atoms with E-state index in [-0.39, 0.29) is 63.4 Å². The molecule has 1 aliphatic carbocycles. The molecule has 0 radical (unpaired) electrons. The molecule has 0 amide bonds. The van der Waals surface area contributed by atoms with E-state index in [4.69, 9.17) is 4.74 Å². The van der Waals surface area contributed by atoms with E-state index in [1.54, 1.807) is 0 Å². The molecule has 3 unspecified atom stereocenters. The second-order valence-electron chi connectivity index (χ2n) is 5.41. The summed E-state index contributed by atoms with van der Waals surface area (Å²) in [4.78, 5) is 0. The standard InChI is InChI=1S/C11H21BF3O.K/c1-8(2)10-6-9(3)4-5-11(10)16-7-12(13,14)15;/h8-11H,4-7H2,1-3H3;/q-1;+1. The fourth-order valence-electron chi connectivity index (χ4n) is 2.54. The van der Waals surface area contributed by atoms with Crippen molar-refractivity contribution in [2.24, 2.45) is 17.8 Å². The monoisotopic (exact) mass is 276 g/mol. The summed E-state index contributed by atoms with van der Waals surface area (Å²) in [6.07, 6.45) is 2.56. The van der Waals surface area contributed by atoms with Crippen molar-refractivity contribution >= 4 is 6.98 Å². The Balaban J connectivity index is 0.00000256. The average Bonchev–Trinajstić information content (AvgIpc) is 2.14. The van der Waals surface area contributed by atoms with Gasteiger partial charge < -0.3 is 17.7 Å². The van der Waals surface area contributed by atoms with Crippen molar-refractivity contribution in [2.75, 3.05) is 6.51 Å². The molecule has 3 atom stereocenters. The van der Waals surface area contributed by atoms with Crippen LogP contribution >= 0.6 is 0 Å². The molecule has 1 rings (SSSR count). The fourth-order valence-corrected chi connectivity index (χ4v) is 2.54. The molecule has 0 N–H and O–H groups in total. The van der Waals surface area contributed by atoms with E-state index < -0.39 is 13.5 Å². The van der Waals surface area contributed by atoms with E-state index in [0.717, 1.165) is 19.3 Å². The largest absolute Gasteiger partial charge is 1.00 e. The maximum absolute atomic E-state index is 12.2. The summed E-state index contributed by atoms with van der Waals surface area (Å²) < 4.78 is 41.5. The number of halogens is 3. The van der Waals surface area contributed by atoms with Crippen molar-refractivity contribution in [1.82, 2.24) is 0 Å². The number of hydrogen-bond donors (Lipinski definition) is 0. The zero-order valence-electron chi connectivity index (χ0n) is 11.3. The Morgan fingerprint density at radius 3 is 2.29 bits per heavy atom. The van der Waals surface area contributed by atoms with Gasteiger partial charge >= 0.3 is 58.4 Å². The normalized spacial score (nSPS) is 30.2. The van der Waals surface area contributed by atoms with Crippen molar-refractivity contribution in [1.29, 1.82) is 0 Å². The molecule has 1 aliphatic rings. The second-order valence-corrected chi connectivity index (χ2v) is 5.41. The van der Waals surface area contributed by atoms with Crippen LogP contribution in [0.15, 0.2) is 0 Å². The Morgan fingerprint density at radius 2 is 1.82 bits per heavy atom. The second kappa shape index (κ2) is 7.90. The van der Waals surface area contributed by atoms with Crippen molar-refractivity contribution in [3.05, 3.63) is 0 Å². The average molecular weight is 276 g/mol. The third kappa shape index (κ3) is 6.97. The van der Waals surface area contributed by atoms with Crippen LogP contribution in [-0.4, -0.2) is 19.6 Å². The van der Waals surface area contributed by atoms with Gasteiger partial charge in [-0.1, -0.05) is 20.8 Å². The minimum Gasteiger partial charge on any atom is -0.447 e. The molecular formula is C11H21BF3KO. The molecular weight excluding hydrogens is 255 g/mol. The van der Waals surface area contributed by atoms with Crippen molar-refractivity contribution in [3.63, 3.8) is 0 Å². The van der Waals surface area contributed by atoms with E-state index in [1.807, 2.05) is 0 Å². The third-order valence-corrected chi connectivity index (χ3v) is 3.45. The summed E-state index contributed by atoms with van der Waals surface area (Å²) >= 11 is 0. The first kappa shape index (κ1) is 18.5. The minimum absolute atomic E-state index is 0. The Hall–Kier alpha value is 1.45. The van der Waals surface area contributed by atoms with Gasteiger partial charge in [0.05, 0.1) is 6.10 Å². The molecule has 0 spiro atoms. The number of rotatable bonds is 4. The molecule has 0 aromatic rings. The minimum atomic E-state index is -4.81. The molecule has 96 valence electrons. The first-order valence-corrected chi connectivity index (χ1v) is 6.12. The van der Waals surface area contributed by atoms with E-state index in [9.17, 15) is 12.9 Å².